The second kappa shape index (κ2) is 8.78. The van der Waals surface area contributed by atoms with Gasteiger partial charge in [0.15, 0.2) is 11.5 Å². The van der Waals surface area contributed by atoms with Crippen LogP contribution in [0.2, 0.25) is 0 Å². The van der Waals surface area contributed by atoms with E-state index in [2.05, 4.69) is 5.32 Å². The molecule has 7 heteroatoms. The summed E-state index contributed by atoms with van der Waals surface area (Å²) in [6.07, 6.45) is -0.174. The van der Waals surface area contributed by atoms with Gasteiger partial charge < -0.3 is 14.8 Å². The van der Waals surface area contributed by atoms with Gasteiger partial charge in [-0.25, -0.2) is 0 Å². The first-order chi connectivity index (χ1) is 16.1. The molecular weight excluding hydrogens is 420 g/mol. The Morgan fingerprint density at radius 3 is 2.18 bits per heavy atom. The number of ether oxygens (including phenoxy) is 2. The number of imide groups is 1. The molecule has 33 heavy (non-hydrogen) atoms. The van der Waals surface area contributed by atoms with Crippen LogP contribution in [0.3, 0.4) is 0 Å². The maximum absolute atomic E-state index is 13.3. The minimum atomic E-state index is -0.989. The summed E-state index contributed by atoms with van der Waals surface area (Å²) in [4.78, 5) is 40.5. The zero-order valence-electron chi connectivity index (χ0n) is 17.8. The fourth-order valence-electron chi connectivity index (χ4n) is 4.13. The van der Waals surface area contributed by atoms with Gasteiger partial charge in [-0.05, 0) is 29.8 Å². The minimum Gasteiger partial charge on any atom is -0.486 e. The van der Waals surface area contributed by atoms with Crippen molar-refractivity contribution in [2.75, 3.05) is 13.2 Å². The lowest BCUT2D eigenvalue weighted by Gasteiger charge is -2.29. The molecule has 2 aliphatic rings. The van der Waals surface area contributed by atoms with Crippen LogP contribution < -0.4 is 14.8 Å². The highest BCUT2D eigenvalue weighted by Gasteiger charge is 2.42. The second-order valence-electron chi connectivity index (χ2n) is 7.97. The van der Waals surface area contributed by atoms with Crippen LogP contribution in [-0.4, -0.2) is 47.9 Å². The number of para-hydroxylation sites is 2. The molecule has 0 spiro atoms. The van der Waals surface area contributed by atoms with Crippen LogP contribution in [0.4, 0.5) is 0 Å². The summed E-state index contributed by atoms with van der Waals surface area (Å²) in [6, 6.07) is 22.3. The van der Waals surface area contributed by atoms with E-state index in [1.165, 1.54) is 0 Å². The molecule has 2 aliphatic heterocycles. The van der Waals surface area contributed by atoms with Gasteiger partial charge >= 0.3 is 0 Å². The van der Waals surface area contributed by atoms with Crippen LogP contribution in [-0.2, 0) is 11.2 Å². The van der Waals surface area contributed by atoms with E-state index in [-0.39, 0.29) is 25.7 Å². The number of nitrogens with zero attached hydrogens (tertiary/aromatic N) is 1. The lowest BCUT2D eigenvalue weighted by atomic mass is 10.0. The highest BCUT2D eigenvalue weighted by molar-refractivity contribution is 6.22. The first-order valence-corrected chi connectivity index (χ1v) is 10.8. The van der Waals surface area contributed by atoms with Crippen molar-refractivity contribution in [2.24, 2.45) is 0 Å². The predicted octanol–water partition coefficient (Wildman–Crippen LogP) is 2.85. The zero-order valence-corrected chi connectivity index (χ0v) is 17.8. The van der Waals surface area contributed by atoms with Crippen molar-refractivity contribution in [1.82, 2.24) is 10.2 Å². The van der Waals surface area contributed by atoms with E-state index >= 15 is 0 Å². The largest absolute Gasteiger partial charge is 0.486 e. The summed E-state index contributed by atoms with van der Waals surface area (Å²) in [5.41, 5.74) is 1.48. The van der Waals surface area contributed by atoms with Gasteiger partial charge in [0, 0.05) is 6.42 Å². The van der Waals surface area contributed by atoms with Gasteiger partial charge in [-0.15, -0.1) is 0 Å². The quantitative estimate of drug-likeness (QED) is 0.594. The number of nitrogens with one attached hydrogen (secondary N) is 1. The van der Waals surface area contributed by atoms with Crippen molar-refractivity contribution in [2.45, 2.75) is 18.6 Å². The molecule has 5 rings (SSSR count). The smallest absolute Gasteiger partial charge is 0.262 e. The van der Waals surface area contributed by atoms with Crippen molar-refractivity contribution < 1.29 is 23.9 Å². The number of hydrogen-bond acceptors (Lipinski definition) is 5. The average Bonchev–Trinajstić information content (AvgIpc) is 3.11. The summed E-state index contributed by atoms with van der Waals surface area (Å²) in [7, 11) is 0. The molecule has 3 aromatic rings. The second-order valence-corrected chi connectivity index (χ2v) is 7.97. The van der Waals surface area contributed by atoms with Gasteiger partial charge in [0.25, 0.3) is 11.8 Å². The Bertz CT molecular complexity index is 1180. The highest BCUT2D eigenvalue weighted by atomic mass is 16.6. The minimum absolute atomic E-state index is 0.182. The number of carbonyl (C=O) groups excluding carboxylic acids is 3. The fourth-order valence-corrected chi connectivity index (χ4v) is 4.13. The third-order valence-corrected chi connectivity index (χ3v) is 5.78. The number of amides is 3. The molecule has 2 atom stereocenters. The molecule has 0 bridgehead atoms. The fraction of sp³-hybridized carbons (Fsp3) is 0.192. The van der Waals surface area contributed by atoms with E-state index in [4.69, 9.17) is 9.47 Å². The van der Waals surface area contributed by atoms with E-state index in [1.54, 1.807) is 30.3 Å². The monoisotopic (exact) mass is 442 g/mol. The molecule has 0 saturated heterocycles. The first-order valence-electron chi connectivity index (χ1n) is 10.8. The van der Waals surface area contributed by atoms with Crippen molar-refractivity contribution in [3.8, 4) is 11.5 Å². The predicted molar refractivity (Wildman–Crippen MR) is 120 cm³/mol. The van der Waals surface area contributed by atoms with E-state index in [0.717, 1.165) is 10.5 Å². The van der Waals surface area contributed by atoms with Crippen LogP contribution >= 0.6 is 0 Å². The van der Waals surface area contributed by atoms with Gasteiger partial charge in [-0.2, -0.15) is 0 Å². The summed E-state index contributed by atoms with van der Waals surface area (Å²) in [5, 5.41) is 2.86. The summed E-state index contributed by atoms with van der Waals surface area (Å²) in [6.45, 7) is 0.468. The molecule has 0 aliphatic carbocycles. The van der Waals surface area contributed by atoms with Crippen LogP contribution in [0.25, 0.3) is 0 Å². The number of benzene rings is 3. The Balaban J connectivity index is 1.34. The highest BCUT2D eigenvalue weighted by Crippen LogP contribution is 2.31. The molecule has 3 amide bonds. The van der Waals surface area contributed by atoms with E-state index < -0.39 is 23.8 Å². The first kappa shape index (κ1) is 20.8. The Hall–Kier alpha value is -4.13. The maximum Gasteiger partial charge on any atom is 0.262 e. The van der Waals surface area contributed by atoms with Gasteiger partial charge in [0.05, 0.1) is 17.7 Å². The Morgan fingerprint density at radius 2 is 1.48 bits per heavy atom. The van der Waals surface area contributed by atoms with E-state index in [1.807, 2.05) is 48.5 Å². The van der Waals surface area contributed by atoms with Crippen molar-refractivity contribution in [1.29, 1.82) is 0 Å². The van der Waals surface area contributed by atoms with E-state index in [0.29, 0.717) is 22.6 Å². The number of hydrogen-bond donors (Lipinski definition) is 1. The van der Waals surface area contributed by atoms with Crippen LogP contribution in [0.5, 0.6) is 11.5 Å². The third-order valence-electron chi connectivity index (χ3n) is 5.78. The van der Waals surface area contributed by atoms with Crippen molar-refractivity contribution in [3.63, 3.8) is 0 Å². The molecule has 0 saturated carbocycles. The third kappa shape index (κ3) is 4.05. The summed E-state index contributed by atoms with van der Waals surface area (Å²) in [5.74, 6) is -0.0660. The van der Waals surface area contributed by atoms with Gasteiger partial charge in [0.1, 0.15) is 18.8 Å². The lowest BCUT2D eigenvalue weighted by molar-refractivity contribution is -0.125. The molecule has 0 fully saturated rings. The van der Waals surface area contributed by atoms with Crippen LogP contribution in [0.15, 0.2) is 78.9 Å². The summed E-state index contributed by atoms with van der Waals surface area (Å²) >= 11 is 0. The van der Waals surface area contributed by atoms with Crippen LogP contribution in [0, 0.1) is 0 Å². The standard InChI is InChI=1S/C26H22N2O5/c29-24(27-15-18-16-32-22-12-6-7-13-23(22)33-18)21(14-17-8-2-1-3-9-17)28-25(30)19-10-4-5-11-20(19)26(28)31/h1-13,18,21H,14-16H2,(H,27,29)/t18?,21-/m0/s1. The number of fused-ring (bicyclic) bond motifs is 2. The molecular formula is C26H22N2O5. The van der Waals surface area contributed by atoms with Gasteiger partial charge in [0.2, 0.25) is 5.91 Å². The SMILES string of the molecule is O=C(NCC1COc2ccccc2O1)[C@H](Cc1ccccc1)N1C(=O)c2ccccc2C1=O. The molecule has 7 nitrogen and oxygen atoms in total. The maximum atomic E-state index is 13.3. The van der Waals surface area contributed by atoms with Crippen molar-refractivity contribution >= 4 is 17.7 Å². The van der Waals surface area contributed by atoms with Crippen LogP contribution in [0.1, 0.15) is 26.3 Å². The Morgan fingerprint density at radius 1 is 0.879 bits per heavy atom. The van der Waals surface area contributed by atoms with Crippen molar-refractivity contribution in [3.05, 3.63) is 95.6 Å². The number of carbonyl (C=O) groups is 3. The lowest BCUT2D eigenvalue weighted by Crippen LogP contribution is -2.52. The average molecular weight is 442 g/mol. The molecule has 166 valence electrons. The molecule has 0 radical (unpaired) electrons. The molecule has 1 unspecified atom stereocenters. The molecule has 0 aromatic heterocycles. The van der Waals surface area contributed by atoms with Gasteiger partial charge in [-0.3, -0.25) is 19.3 Å². The zero-order chi connectivity index (χ0) is 22.8. The number of rotatable bonds is 6. The molecule has 2 heterocycles. The molecule has 3 aromatic carbocycles. The normalized spacial score (nSPS) is 17.5. The topological polar surface area (TPSA) is 84.9 Å². The summed E-state index contributed by atoms with van der Waals surface area (Å²) < 4.78 is 11.6. The Labute approximate surface area is 190 Å². The molecule has 1 N–H and O–H groups in total. The van der Waals surface area contributed by atoms with Gasteiger partial charge in [-0.1, -0.05) is 54.6 Å². The van der Waals surface area contributed by atoms with E-state index in [9.17, 15) is 14.4 Å². The Kier molecular flexibility index (Phi) is 5.52.